The summed E-state index contributed by atoms with van der Waals surface area (Å²) in [7, 11) is 0. The Labute approximate surface area is 169 Å². The number of anilines is 1. The average molecular weight is 436 g/mol. The predicted octanol–water partition coefficient (Wildman–Crippen LogP) is 5.58. The van der Waals surface area contributed by atoms with Crippen molar-refractivity contribution in [1.29, 1.82) is 0 Å². The molecular formula is C17H24Cl3F3N2O. The van der Waals surface area contributed by atoms with Gasteiger partial charge in [-0.2, -0.15) is 0 Å². The summed E-state index contributed by atoms with van der Waals surface area (Å²) in [6.45, 7) is 5.07. The summed E-state index contributed by atoms with van der Waals surface area (Å²) in [6, 6.07) is 5.29. The van der Waals surface area contributed by atoms with E-state index in [1.165, 1.54) is 18.9 Å². The van der Waals surface area contributed by atoms with E-state index in [9.17, 15) is 13.2 Å². The Morgan fingerprint density at radius 1 is 1.19 bits per heavy atom. The van der Waals surface area contributed by atoms with E-state index in [1.807, 2.05) is 0 Å². The van der Waals surface area contributed by atoms with Gasteiger partial charge in [-0.3, -0.25) is 0 Å². The monoisotopic (exact) mass is 434 g/mol. The normalized spacial score (nSPS) is 24.8. The lowest BCUT2D eigenvalue weighted by molar-refractivity contribution is -0.274. The molecule has 0 radical (unpaired) electrons. The molecule has 1 aromatic rings. The number of nitrogens with one attached hydrogen (secondary N) is 1. The molecule has 0 aromatic heterocycles. The Kier molecular flexibility index (Phi) is 7.80. The van der Waals surface area contributed by atoms with Gasteiger partial charge in [0.25, 0.3) is 0 Å². The molecule has 3 nitrogen and oxygen atoms in total. The first kappa shape index (κ1) is 23.5. The number of nitrogens with zero attached hydrogens (tertiary/aromatic N) is 1. The van der Waals surface area contributed by atoms with Gasteiger partial charge in [-0.1, -0.05) is 24.4 Å². The third-order valence-electron chi connectivity index (χ3n) is 4.74. The fraction of sp³-hybridized carbons (Fsp3) is 0.647. The third kappa shape index (κ3) is 5.47. The molecule has 150 valence electrons. The van der Waals surface area contributed by atoms with Gasteiger partial charge in [0.1, 0.15) is 5.75 Å². The highest BCUT2D eigenvalue weighted by Crippen LogP contribution is 2.38. The zero-order valence-electron chi connectivity index (χ0n) is 14.6. The number of hydrogen-bond donors (Lipinski definition) is 1. The molecule has 1 heterocycles. The molecule has 1 saturated carbocycles. The second-order valence-electron chi connectivity index (χ2n) is 7.28. The SMILES string of the molecule is CC1(C)CN(c2ccc(OC(F)(F)F)c(Cl)c2)[C@@H]2CCCC[C@H]2N1.Cl.Cl. The van der Waals surface area contributed by atoms with E-state index >= 15 is 0 Å². The van der Waals surface area contributed by atoms with Crippen molar-refractivity contribution < 1.29 is 17.9 Å². The highest BCUT2D eigenvalue weighted by atomic mass is 35.5. The molecule has 9 heteroatoms. The van der Waals surface area contributed by atoms with Crippen LogP contribution in [0.4, 0.5) is 18.9 Å². The van der Waals surface area contributed by atoms with Gasteiger partial charge < -0.3 is 15.0 Å². The number of benzene rings is 1. The minimum absolute atomic E-state index is 0. The van der Waals surface area contributed by atoms with E-state index in [-0.39, 0.29) is 41.1 Å². The lowest BCUT2D eigenvalue weighted by Crippen LogP contribution is -2.67. The van der Waals surface area contributed by atoms with Crippen LogP contribution in [0.15, 0.2) is 18.2 Å². The molecule has 1 N–H and O–H groups in total. The van der Waals surface area contributed by atoms with Crippen molar-refractivity contribution in [3.8, 4) is 5.75 Å². The summed E-state index contributed by atoms with van der Waals surface area (Å²) in [5.41, 5.74) is 0.785. The molecule has 2 aliphatic rings. The zero-order valence-corrected chi connectivity index (χ0v) is 17.0. The molecular weight excluding hydrogens is 412 g/mol. The molecule has 26 heavy (non-hydrogen) atoms. The molecule has 1 aliphatic heterocycles. The lowest BCUT2D eigenvalue weighted by atomic mass is 9.83. The maximum absolute atomic E-state index is 12.4. The van der Waals surface area contributed by atoms with Crippen molar-refractivity contribution in [2.24, 2.45) is 0 Å². The molecule has 0 amide bonds. The number of hydrogen-bond acceptors (Lipinski definition) is 3. The van der Waals surface area contributed by atoms with Crippen LogP contribution in [0.5, 0.6) is 5.75 Å². The summed E-state index contributed by atoms with van der Waals surface area (Å²) in [6.07, 6.45) is -0.170. The van der Waals surface area contributed by atoms with Crippen LogP contribution in [0.1, 0.15) is 39.5 Å². The second kappa shape index (κ2) is 8.63. The second-order valence-corrected chi connectivity index (χ2v) is 7.68. The minimum Gasteiger partial charge on any atom is -0.404 e. The summed E-state index contributed by atoms with van der Waals surface area (Å²) in [5.74, 6) is -0.359. The predicted molar refractivity (Wildman–Crippen MR) is 103 cm³/mol. The van der Waals surface area contributed by atoms with Gasteiger partial charge >= 0.3 is 6.36 Å². The van der Waals surface area contributed by atoms with Crippen molar-refractivity contribution >= 4 is 42.1 Å². The molecule has 0 bridgehead atoms. The summed E-state index contributed by atoms with van der Waals surface area (Å²) >= 11 is 6.03. The maximum Gasteiger partial charge on any atom is 0.573 e. The zero-order chi connectivity index (χ0) is 17.5. The molecule has 3 rings (SSSR count). The van der Waals surface area contributed by atoms with E-state index in [2.05, 4.69) is 28.8 Å². The van der Waals surface area contributed by atoms with Crippen LogP contribution >= 0.6 is 36.4 Å². The van der Waals surface area contributed by atoms with Crippen LogP contribution in [0, 0.1) is 0 Å². The van der Waals surface area contributed by atoms with Gasteiger partial charge in [0, 0.05) is 29.9 Å². The fourth-order valence-corrected chi connectivity index (χ4v) is 4.12. The molecule has 2 fully saturated rings. The number of alkyl halides is 3. The van der Waals surface area contributed by atoms with Crippen molar-refractivity contribution in [2.45, 2.75) is 63.5 Å². The summed E-state index contributed by atoms with van der Waals surface area (Å²) < 4.78 is 41.2. The van der Waals surface area contributed by atoms with E-state index in [0.29, 0.717) is 12.1 Å². The van der Waals surface area contributed by atoms with Crippen LogP contribution in [-0.4, -0.2) is 30.5 Å². The summed E-state index contributed by atoms with van der Waals surface area (Å²) in [4.78, 5) is 2.28. The first-order chi connectivity index (χ1) is 11.1. The lowest BCUT2D eigenvalue weighted by Gasteiger charge is -2.52. The Balaban J connectivity index is 0.00000169. The Morgan fingerprint density at radius 3 is 2.46 bits per heavy atom. The molecule has 1 aromatic carbocycles. The van der Waals surface area contributed by atoms with Crippen LogP contribution in [0.3, 0.4) is 0 Å². The smallest absolute Gasteiger partial charge is 0.404 e. The quantitative estimate of drug-likeness (QED) is 0.656. The van der Waals surface area contributed by atoms with Crippen LogP contribution in [0.2, 0.25) is 5.02 Å². The molecule has 1 aliphatic carbocycles. The molecule has 0 spiro atoms. The van der Waals surface area contributed by atoms with Crippen molar-refractivity contribution in [2.75, 3.05) is 11.4 Å². The Morgan fingerprint density at radius 2 is 1.85 bits per heavy atom. The first-order valence-corrected chi connectivity index (χ1v) is 8.62. The van der Waals surface area contributed by atoms with E-state index in [1.54, 1.807) is 12.1 Å². The highest BCUT2D eigenvalue weighted by molar-refractivity contribution is 6.32. The number of piperazine rings is 1. The number of ether oxygens (including phenoxy) is 1. The maximum atomic E-state index is 12.4. The average Bonchev–Trinajstić information content (AvgIpc) is 2.46. The van der Waals surface area contributed by atoms with Gasteiger partial charge in [-0.05, 0) is 44.9 Å². The Hall–Kier alpha value is -0.560. The van der Waals surface area contributed by atoms with E-state index in [4.69, 9.17) is 11.6 Å². The number of halogens is 6. The van der Waals surface area contributed by atoms with Crippen molar-refractivity contribution in [3.05, 3.63) is 23.2 Å². The van der Waals surface area contributed by atoms with E-state index < -0.39 is 6.36 Å². The van der Waals surface area contributed by atoms with Crippen LogP contribution in [0.25, 0.3) is 0 Å². The number of rotatable bonds is 2. The topological polar surface area (TPSA) is 24.5 Å². The van der Waals surface area contributed by atoms with Crippen LogP contribution < -0.4 is 15.0 Å². The standard InChI is InChI=1S/C17H22ClF3N2O.2ClH/c1-16(2)10-23(14-6-4-3-5-13(14)22-16)11-7-8-15(12(18)9-11)24-17(19,20)21;;/h7-9,13-14,22H,3-6,10H2,1-2H3;2*1H/t13-,14-;;/m1../s1. The summed E-state index contributed by atoms with van der Waals surface area (Å²) in [5, 5.41) is 3.68. The third-order valence-corrected chi connectivity index (χ3v) is 5.04. The fourth-order valence-electron chi connectivity index (χ4n) is 3.90. The molecule has 2 atom stereocenters. The molecule has 1 saturated heterocycles. The largest absolute Gasteiger partial charge is 0.573 e. The minimum atomic E-state index is -4.74. The van der Waals surface area contributed by atoms with Crippen LogP contribution in [-0.2, 0) is 0 Å². The molecule has 0 unspecified atom stereocenters. The van der Waals surface area contributed by atoms with Crippen molar-refractivity contribution in [1.82, 2.24) is 5.32 Å². The Bertz CT molecular complexity index is 613. The van der Waals surface area contributed by atoms with Crippen molar-refractivity contribution in [3.63, 3.8) is 0 Å². The van der Waals surface area contributed by atoms with Gasteiger partial charge in [0.05, 0.1) is 5.02 Å². The first-order valence-electron chi connectivity index (χ1n) is 8.24. The highest BCUT2D eigenvalue weighted by Gasteiger charge is 2.40. The van der Waals surface area contributed by atoms with Gasteiger partial charge in [-0.15, -0.1) is 38.0 Å². The van der Waals surface area contributed by atoms with Gasteiger partial charge in [-0.25, -0.2) is 0 Å². The van der Waals surface area contributed by atoms with E-state index in [0.717, 1.165) is 25.1 Å². The van der Waals surface area contributed by atoms with Gasteiger partial charge in [0.15, 0.2) is 0 Å². The number of fused-ring (bicyclic) bond motifs is 1. The van der Waals surface area contributed by atoms with Gasteiger partial charge in [0.2, 0.25) is 0 Å².